The maximum absolute atomic E-state index is 5.69. The molecular formula is C11H23NO. The van der Waals surface area contributed by atoms with Crippen LogP contribution in [0, 0.1) is 5.92 Å². The molecule has 1 rings (SSSR count). The summed E-state index contributed by atoms with van der Waals surface area (Å²) in [5.41, 5.74) is 0.119. The quantitative estimate of drug-likeness (QED) is 0.709. The zero-order chi connectivity index (χ0) is 9.73. The van der Waals surface area contributed by atoms with Crippen LogP contribution in [0.15, 0.2) is 0 Å². The lowest BCUT2D eigenvalue weighted by atomic mass is 10.0. The Labute approximate surface area is 82.0 Å². The zero-order valence-corrected chi connectivity index (χ0v) is 9.23. The highest BCUT2D eigenvalue weighted by Crippen LogP contribution is 2.23. The minimum atomic E-state index is 0.119. The predicted molar refractivity (Wildman–Crippen MR) is 55.9 cm³/mol. The second-order valence-corrected chi connectivity index (χ2v) is 4.55. The molecule has 1 aliphatic rings. The van der Waals surface area contributed by atoms with Crippen LogP contribution in [0.5, 0.6) is 0 Å². The Kier molecular flexibility index (Phi) is 4.20. The van der Waals surface area contributed by atoms with E-state index in [9.17, 15) is 0 Å². The van der Waals surface area contributed by atoms with Crippen molar-refractivity contribution in [3.8, 4) is 0 Å². The third kappa shape index (κ3) is 3.65. The summed E-state index contributed by atoms with van der Waals surface area (Å²) in [6.45, 7) is 9.81. The van der Waals surface area contributed by atoms with Crippen molar-refractivity contribution in [1.82, 2.24) is 5.32 Å². The third-order valence-corrected chi connectivity index (χ3v) is 2.99. The minimum absolute atomic E-state index is 0.119. The maximum Gasteiger partial charge on any atom is 0.0779 e. The Morgan fingerprint density at radius 2 is 2.31 bits per heavy atom. The van der Waals surface area contributed by atoms with Crippen molar-refractivity contribution in [1.29, 1.82) is 0 Å². The first kappa shape index (κ1) is 11.0. The van der Waals surface area contributed by atoms with Crippen molar-refractivity contribution in [2.24, 2.45) is 5.92 Å². The van der Waals surface area contributed by atoms with Crippen LogP contribution in [-0.4, -0.2) is 25.3 Å². The van der Waals surface area contributed by atoms with Gasteiger partial charge in [-0.25, -0.2) is 0 Å². The van der Waals surface area contributed by atoms with E-state index in [4.69, 9.17) is 4.74 Å². The summed E-state index contributed by atoms with van der Waals surface area (Å²) in [5.74, 6) is 0.782. The molecule has 0 spiro atoms. The van der Waals surface area contributed by atoms with Gasteiger partial charge in [-0.1, -0.05) is 20.3 Å². The highest BCUT2D eigenvalue weighted by Gasteiger charge is 2.28. The van der Waals surface area contributed by atoms with E-state index in [0.29, 0.717) is 0 Å². The standard InChI is InChI=1S/C11H23NO/c1-4-10(2)8-12-9-11(3)6-5-7-13-11/h10,12H,4-9H2,1-3H3. The van der Waals surface area contributed by atoms with Crippen LogP contribution in [0.3, 0.4) is 0 Å². The molecule has 1 fully saturated rings. The van der Waals surface area contributed by atoms with E-state index >= 15 is 0 Å². The van der Waals surface area contributed by atoms with E-state index < -0.39 is 0 Å². The molecule has 1 heterocycles. The summed E-state index contributed by atoms with van der Waals surface area (Å²) >= 11 is 0. The molecule has 0 saturated carbocycles. The van der Waals surface area contributed by atoms with E-state index in [1.807, 2.05) is 0 Å². The molecule has 2 nitrogen and oxygen atoms in total. The van der Waals surface area contributed by atoms with Gasteiger partial charge >= 0.3 is 0 Å². The molecule has 1 aliphatic heterocycles. The fourth-order valence-electron chi connectivity index (χ4n) is 1.70. The van der Waals surface area contributed by atoms with E-state index in [0.717, 1.165) is 25.6 Å². The van der Waals surface area contributed by atoms with Gasteiger partial charge in [-0.05, 0) is 32.2 Å². The van der Waals surface area contributed by atoms with Gasteiger partial charge in [0.25, 0.3) is 0 Å². The van der Waals surface area contributed by atoms with Crippen LogP contribution in [0.1, 0.15) is 40.0 Å². The molecule has 1 saturated heterocycles. The SMILES string of the molecule is CCC(C)CNCC1(C)CCCO1. The van der Waals surface area contributed by atoms with Crippen molar-refractivity contribution in [3.63, 3.8) is 0 Å². The Bertz CT molecular complexity index is 141. The fraction of sp³-hybridized carbons (Fsp3) is 1.00. The Morgan fingerprint density at radius 1 is 1.54 bits per heavy atom. The largest absolute Gasteiger partial charge is 0.374 e. The van der Waals surface area contributed by atoms with Crippen LogP contribution >= 0.6 is 0 Å². The molecule has 0 amide bonds. The molecule has 0 radical (unpaired) electrons. The topological polar surface area (TPSA) is 21.3 Å². The highest BCUT2D eigenvalue weighted by molar-refractivity contribution is 4.82. The summed E-state index contributed by atoms with van der Waals surface area (Å²) < 4.78 is 5.69. The molecule has 2 heteroatoms. The predicted octanol–water partition coefficient (Wildman–Crippen LogP) is 2.19. The first-order valence-electron chi connectivity index (χ1n) is 5.51. The summed E-state index contributed by atoms with van der Waals surface area (Å²) in [6, 6.07) is 0. The highest BCUT2D eigenvalue weighted by atomic mass is 16.5. The lowest BCUT2D eigenvalue weighted by Crippen LogP contribution is -2.38. The number of rotatable bonds is 5. The van der Waals surface area contributed by atoms with Crippen LogP contribution in [0.4, 0.5) is 0 Å². The minimum Gasteiger partial charge on any atom is -0.374 e. The molecule has 1 N–H and O–H groups in total. The number of nitrogens with one attached hydrogen (secondary N) is 1. The van der Waals surface area contributed by atoms with Gasteiger partial charge < -0.3 is 10.1 Å². The van der Waals surface area contributed by atoms with Gasteiger partial charge in [-0.15, -0.1) is 0 Å². The van der Waals surface area contributed by atoms with Gasteiger partial charge in [-0.2, -0.15) is 0 Å². The van der Waals surface area contributed by atoms with Crippen LogP contribution in [0.25, 0.3) is 0 Å². The van der Waals surface area contributed by atoms with Gasteiger partial charge in [0.2, 0.25) is 0 Å². The van der Waals surface area contributed by atoms with E-state index in [2.05, 4.69) is 26.1 Å². The molecule has 13 heavy (non-hydrogen) atoms. The zero-order valence-electron chi connectivity index (χ0n) is 9.23. The second-order valence-electron chi connectivity index (χ2n) is 4.55. The normalized spacial score (nSPS) is 30.7. The monoisotopic (exact) mass is 185 g/mol. The van der Waals surface area contributed by atoms with Crippen molar-refractivity contribution in [2.45, 2.75) is 45.6 Å². The van der Waals surface area contributed by atoms with Gasteiger partial charge in [-0.3, -0.25) is 0 Å². The molecule has 0 aromatic heterocycles. The Hall–Kier alpha value is -0.0800. The Balaban J connectivity index is 2.11. The molecule has 78 valence electrons. The maximum atomic E-state index is 5.69. The molecule has 2 unspecified atom stereocenters. The van der Waals surface area contributed by atoms with Gasteiger partial charge in [0.05, 0.1) is 5.60 Å². The average Bonchev–Trinajstić information content (AvgIpc) is 2.52. The molecule has 2 atom stereocenters. The lowest BCUT2D eigenvalue weighted by molar-refractivity contribution is 0.0204. The van der Waals surface area contributed by atoms with Crippen molar-refractivity contribution in [3.05, 3.63) is 0 Å². The smallest absolute Gasteiger partial charge is 0.0779 e. The van der Waals surface area contributed by atoms with Crippen molar-refractivity contribution >= 4 is 0 Å². The number of hydrogen-bond donors (Lipinski definition) is 1. The van der Waals surface area contributed by atoms with Gasteiger partial charge in [0, 0.05) is 13.2 Å². The second kappa shape index (κ2) is 4.97. The van der Waals surface area contributed by atoms with Crippen LogP contribution in [-0.2, 0) is 4.74 Å². The molecule has 0 aromatic carbocycles. The first-order chi connectivity index (χ1) is 6.16. The third-order valence-electron chi connectivity index (χ3n) is 2.99. The van der Waals surface area contributed by atoms with E-state index in [1.165, 1.54) is 19.3 Å². The fourth-order valence-corrected chi connectivity index (χ4v) is 1.70. The van der Waals surface area contributed by atoms with E-state index in [-0.39, 0.29) is 5.60 Å². The van der Waals surface area contributed by atoms with Crippen LogP contribution < -0.4 is 5.32 Å². The van der Waals surface area contributed by atoms with Crippen molar-refractivity contribution in [2.75, 3.05) is 19.7 Å². The van der Waals surface area contributed by atoms with Crippen LogP contribution in [0.2, 0.25) is 0 Å². The summed E-state index contributed by atoms with van der Waals surface area (Å²) in [6.07, 6.45) is 3.69. The molecule has 0 bridgehead atoms. The molecule has 0 aromatic rings. The van der Waals surface area contributed by atoms with Gasteiger partial charge in [0.15, 0.2) is 0 Å². The van der Waals surface area contributed by atoms with Crippen molar-refractivity contribution < 1.29 is 4.74 Å². The molecule has 0 aliphatic carbocycles. The summed E-state index contributed by atoms with van der Waals surface area (Å²) in [4.78, 5) is 0. The Morgan fingerprint density at radius 3 is 2.85 bits per heavy atom. The van der Waals surface area contributed by atoms with Gasteiger partial charge in [0.1, 0.15) is 0 Å². The average molecular weight is 185 g/mol. The molecular weight excluding hydrogens is 162 g/mol. The lowest BCUT2D eigenvalue weighted by Gasteiger charge is -2.24. The first-order valence-corrected chi connectivity index (χ1v) is 5.51. The van der Waals surface area contributed by atoms with E-state index in [1.54, 1.807) is 0 Å². The number of hydrogen-bond acceptors (Lipinski definition) is 2. The summed E-state index contributed by atoms with van der Waals surface area (Å²) in [5, 5.41) is 3.49. The summed E-state index contributed by atoms with van der Waals surface area (Å²) in [7, 11) is 0. The number of ether oxygens (including phenoxy) is 1.